The second kappa shape index (κ2) is 6.81. The van der Waals surface area contributed by atoms with Crippen molar-refractivity contribution in [1.29, 1.82) is 0 Å². The molecule has 2 rings (SSSR count). The molecule has 1 aromatic rings. The molecule has 8 nitrogen and oxygen atoms in total. The molecule has 0 aromatic heterocycles. The van der Waals surface area contributed by atoms with Crippen molar-refractivity contribution in [3.05, 3.63) is 62.7 Å². The summed E-state index contributed by atoms with van der Waals surface area (Å²) in [6, 6.07) is 3.26. The summed E-state index contributed by atoms with van der Waals surface area (Å²) in [5.41, 5.74) is 1.67. The lowest BCUT2D eigenvalue weighted by Crippen LogP contribution is -2.32. The number of hydrogen-bond acceptors (Lipinski definition) is 6. The molecule has 0 saturated heterocycles. The van der Waals surface area contributed by atoms with Crippen LogP contribution in [0.25, 0.3) is 0 Å². The molecule has 0 aliphatic heterocycles. The predicted octanol–water partition coefficient (Wildman–Crippen LogP) is 4.60. The van der Waals surface area contributed by atoms with Gasteiger partial charge in [-0.25, -0.2) is 0 Å². The maximum atomic E-state index is 11.1. The van der Waals surface area contributed by atoms with Gasteiger partial charge >= 0.3 is 5.69 Å². The fourth-order valence-corrected chi connectivity index (χ4v) is 2.25. The maximum absolute atomic E-state index is 11.1. The van der Waals surface area contributed by atoms with Crippen LogP contribution >= 0.6 is 23.2 Å². The molecule has 0 unspecified atom stereocenters. The van der Waals surface area contributed by atoms with Crippen LogP contribution in [0.15, 0.2) is 47.6 Å². The average Bonchev–Trinajstić information content (AvgIpc) is 2.53. The van der Waals surface area contributed by atoms with Crippen LogP contribution in [0.3, 0.4) is 0 Å². The number of anilines is 1. The van der Waals surface area contributed by atoms with Gasteiger partial charge in [-0.2, -0.15) is 5.10 Å². The first-order valence-corrected chi connectivity index (χ1v) is 7.82. The molecule has 0 spiro atoms. The number of nitro groups is 2. The summed E-state index contributed by atoms with van der Waals surface area (Å²) >= 11 is 12.3. The molecule has 10 heteroatoms. The number of nitrogens with one attached hydrogen (secondary N) is 1. The molecule has 132 valence electrons. The summed E-state index contributed by atoms with van der Waals surface area (Å²) in [6.45, 7) is 3.52. The van der Waals surface area contributed by atoms with Crippen LogP contribution in [0.2, 0.25) is 0 Å². The first kappa shape index (κ1) is 18.9. The van der Waals surface area contributed by atoms with E-state index >= 15 is 0 Å². The Hall–Kier alpha value is -2.45. The van der Waals surface area contributed by atoms with Crippen LogP contribution in [0, 0.1) is 25.6 Å². The van der Waals surface area contributed by atoms with Crippen molar-refractivity contribution in [1.82, 2.24) is 0 Å². The zero-order chi connectivity index (χ0) is 18.8. The van der Waals surface area contributed by atoms with E-state index in [1.165, 1.54) is 6.07 Å². The number of non-ortho nitro benzene ring substituents is 1. The minimum absolute atomic E-state index is 0.0396. The molecule has 0 bridgehead atoms. The molecule has 0 atom stereocenters. The second-order valence-corrected chi connectivity index (χ2v) is 7.41. The molecule has 1 aromatic carbocycles. The highest BCUT2D eigenvalue weighted by Crippen LogP contribution is 2.44. The SMILES string of the molecule is CC(Cl)(Cl)C1(C)C=CC(=NNc2ccc([N+](=O)[O-])cc2[N+](=O)[O-])C=C1. The number of hydrogen-bond donors (Lipinski definition) is 1. The van der Waals surface area contributed by atoms with Gasteiger partial charge in [0.2, 0.25) is 0 Å². The van der Waals surface area contributed by atoms with Crippen molar-refractivity contribution in [2.24, 2.45) is 10.5 Å². The highest BCUT2D eigenvalue weighted by atomic mass is 35.5. The Morgan fingerprint density at radius 3 is 2.24 bits per heavy atom. The van der Waals surface area contributed by atoms with Gasteiger partial charge in [0, 0.05) is 11.5 Å². The van der Waals surface area contributed by atoms with Crippen molar-refractivity contribution < 1.29 is 9.85 Å². The van der Waals surface area contributed by atoms with E-state index in [1.54, 1.807) is 31.2 Å². The van der Waals surface area contributed by atoms with E-state index in [-0.39, 0.29) is 11.4 Å². The van der Waals surface area contributed by atoms with Gasteiger partial charge < -0.3 is 0 Å². The molecule has 0 saturated carbocycles. The number of nitro benzene ring substituents is 2. The lowest BCUT2D eigenvalue weighted by Gasteiger charge is -2.34. The number of hydrazone groups is 1. The van der Waals surface area contributed by atoms with Crippen molar-refractivity contribution in [2.45, 2.75) is 18.2 Å². The monoisotopic (exact) mass is 384 g/mol. The van der Waals surface area contributed by atoms with Crippen LogP contribution < -0.4 is 5.43 Å². The van der Waals surface area contributed by atoms with E-state index in [2.05, 4.69) is 10.5 Å². The van der Waals surface area contributed by atoms with Crippen molar-refractivity contribution in [3.8, 4) is 0 Å². The maximum Gasteiger partial charge on any atom is 0.301 e. The minimum atomic E-state index is -1.02. The van der Waals surface area contributed by atoms with E-state index in [9.17, 15) is 20.2 Å². The van der Waals surface area contributed by atoms with Gasteiger partial charge in [-0.15, -0.1) is 23.2 Å². The normalized spacial score (nSPS) is 19.6. The number of halogens is 2. The van der Waals surface area contributed by atoms with Gasteiger partial charge in [-0.05, 0) is 32.1 Å². The topological polar surface area (TPSA) is 111 Å². The van der Waals surface area contributed by atoms with Crippen LogP contribution in [-0.2, 0) is 0 Å². The molecular weight excluding hydrogens is 371 g/mol. The van der Waals surface area contributed by atoms with Crippen LogP contribution in [0.5, 0.6) is 0 Å². The number of alkyl halides is 2. The molecule has 0 fully saturated rings. The fourth-order valence-electron chi connectivity index (χ4n) is 2.00. The van der Waals surface area contributed by atoms with Gasteiger partial charge in [-0.1, -0.05) is 12.2 Å². The van der Waals surface area contributed by atoms with Gasteiger partial charge in [0.05, 0.1) is 21.6 Å². The number of allylic oxidation sites excluding steroid dienone is 4. The first-order valence-electron chi connectivity index (χ1n) is 7.06. The second-order valence-electron chi connectivity index (χ2n) is 5.70. The quantitative estimate of drug-likeness (QED) is 0.453. The molecule has 1 aliphatic rings. The Morgan fingerprint density at radius 1 is 1.16 bits per heavy atom. The summed E-state index contributed by atoms with van der Waals surface area (Å²) in [4.78, 5) is 20.4. The number of nitrogens with zero attached hydrogens (tertiary/aromatic N) is 3. The molecular formula is C15H14Cl2N4O4. The number of rotatable bonds is 5. The lowest BCUT2D eigenvalue weighted by molar-refractivity contribution is -0.393. The van der Waals surface area contributed by atoms with E-state index in [4.69, 9.17) is 23.2 Å². The zero-order valence-electron chi connectivity index (χ0n) is 13.3. The fraction of sp³-hybridized carbons (Fsp3) is 0.267. The average molecular weight is 385 g/mol. The summed E-state index contributed by atoms with van der Waals surface area (Å²) in [6.07, 6.45) is 6.90. The Morgan fingerprint density at radius 2 is 1.76 bits per heavy atom. The van der Waals surface area contributed by atoms with Crippen LogP contribution in [-0.4, -0.2) is 19.9 Å². The molecule has 1 N–H and O–H groups in total. The van der Waals surface area contributed by atoms with Crippen molar-refractivity contribution >= 4 is 46.0 Å². The summed E-state index contributed by atoms with van der Waals surface area (Å²) in [5, 5.41) is 25.9. The van der Waals surface area contributed by atoms with E-state index in [1.807, 2.05) is 6.92 Å². The van der Waals surface area contributed by atoms with Gasteiger partial charge in [0.15, 0.2) is 0 Å². The predicted molar refractivity (Wildman–Crippen MR) is 97.3 cm³/mol. The summed E-state index contributed by atoms with van der Waals surface area (Å²) in [7, 11) is 0. The first-order chi connectivity index (χ1) is 11.5. The third kappa shape index (κ3) is 4.15. The highest BCUT2D eigenvalue weighted by molar-refractivity contribution is 6.49. The number of benzene rings is 1. The Balaban J connectivity index is 2.24. The van der Waals surface area contributed by atoms with E-state index < -0.39 is 25.3 Å². The smallest absolute Gasteiger partial charge is 0.271 e. The molecule has 0 heterocycles. The molecule has 0 amide bonds. The molecule has 25 heavy (non-hydrogen) atoms. The molecule has 0 radical (unpaired) electrons. The Kier molecular flexibility index (Phi) is 5.15. The highest BCUT2D eigenvalue weighted by Gasteiger charge is 2.38. The summed E-state index contributed by atoms with van der Waals surface area (Å²) < 4.78 is -1.02. The lowest BCUT2D eigenvalue weighted by atomic mass is 9.82. The minimum Gasteiger partial charge on any atom is -0.271 e. The van der Waals surface area contributed by atoms with Gasteiger partial charge in [0.25, 0.3) is 5.69 Å². The third-order valence-corrected chi connectivity index (χ3v) is 4.66. The van der Waals surface area contributed by atoms with Crippen LogP contribution in [0.1, 0.15) is 13.8 Å². The summed E-state index contributed by atoms with van der Waals surface area (Å²) in [5.74, 6) is 0. The largest absolute Gasteiger partial charge is 0.301 e. The van der Waals surface area contributed by atoms with Crippen molar-refractivity contribution in [2.75, 3.05) is 5.43 Å². The third-order valence-electron chi connectivity index (χ3n) is 3.84. The Labute approximate surface area is 153 Å². The van der Waals surface area contributed by atoms with Gasteiger partial charge in [0.1, 0.15) is 10.0 Å². The Bertz CT molecular complexity index is 796. The zero-order valence-corrected chi connectivity index (χ0v) is 14.8. The molecule has 1 aliphatic carbocycles. The van der Waals surface area contributed by atoms with Crippen LogP contribution in [0.4, 0.5) is 17.1 Å². The van der Waals surface area contributed by atoms with Gasteiger partial charge in [-0.3, -0.25) is 25.7 Å². The van der Waals surface area contributed by atoms with Crippen molar-refractivity contribution in [3.63, 3.8) is 0 Å². The standard InChI is InChI=1S/C15H14Cl2N4O4/c1-14(15(2,16)17)7-5-10(6-8-14)18-19-12-4-3-11(20(22)23)9-13(12)21(24)25/h3-9,19H,1-2H3. The van der Waals surface area contributed by atoms with E-state index in [0.29, 0.717) is 5.71 Å². The van der Waals surface area contributed by atoms with E-state index in [0.717, 1.165) is 12.1 Å².